The standard InChI is InChI=1S/C19H18N4O4S2/c20-13(10-4-2-1-3-5-10)16(24)22-14-11-6-7-12(29-19-21-8-9-28-19)15(18(26)27)23(11)17(14)25/h1-5,8-9,11,13-14H,6-7,20H2,(H,22,24)(H,26,27)/t11-,13-,14+/m1/s1. The number of carbonyl (C=O) groups excluding carboxylic acids is 2. The number of amides is 2. The predicted octanol–water partition coefficient (Wildman–Crippen LogP) is 1.72. The number of fused-ring (bicyclic) bond motifs is 1. The van der Waals surface area contributed by atoms with Crippen molar-refractivity contribution in [2.45, 2.75) is 35.3 Å². The van der Waals surface area contributed by atoms with E-state index >= 15 is 0 Å². The number of nitrogens with one attached hydrogen (secondary N) is 1. The number of thiazole rings is 1. The van der Waals surface area contributed by atoms with Crippen molar-refractivity contribution in [1.82, 2.24) is 15.2 Å². The van der Waals surface area contributed by atoms with E-state index in [1.165, 1.54) is 28.0 Å². The van der Waals surface area contributed by atoms with E-state index in [0.717, 1.165) is 4.34 Å². The van der Waals surface area contributed by atoms with E-state index in [4.69, 9.17) is 5.73 Å². The molecule has 3 heterocycles. The van der Waals surface area contributed by atoms with Crippen LogP contribution in [-0.2, 0) is 14.4 Å². The smallest absolute Gasteiger partial charge is 0.353 e. The number of carboxylic acid groups (broad SMARTS) is 1. The largest absolute Gasteiger partial charge is 0.477 e. The Bertz CT molecular complexity index is 977. The molecule has 2 amide bonds. The quantitative estimate of drug-likeness (QED) is 0.596. The Kier molecular flexibility index (Phi) is 5.39. The number of β-lactam (4-membered cyclic amide) rings is 1. The Balaban J connectivity index is 1.49. The lowest BCUT2D eigenvalue weighted by atomic mass is 9.86. The molecule has 3 atom stereocenters. The molecular formula is C19H18N4O4S2. The third kappa shape index (κ3) is 3.66. The fraction of sp³-hybridized carbons (Fsp3) is 0.263. The van der Waals surface area contributed by atoms with Gasteiger partial charge in [0.15, 0.2) is 4.34 Å². The minimum absolute atomic E-state index is 0.0238. The molecule has 2 aliphatic heterocycles. The molecule has 4 rings (SSSR count). The first-order chi connectivity index (χ1) is 14.0. The average Bonchev–Trinajstić information content (AvgIpc) is 3.24. The SMILES string of the molecule is N[C@@H](C(=O)N[C@@H]1C(=O)N2C(C(=O)O)=C(Sc3nccs3)CC[C@H]12)c1ccccc1. The van der Waals surface area contributed by atoms with Crippen LogP contribution in [0.4, 0.5) is 0 Å². The number of hydrogen-bond donors (Lipinski definition) is 3. The third-order valence-electron chi connectivity index (χ3n) is 4.95. The fourth-order valence-electron chi connectivity index (χ4n) is 3.55. The highest BCUT2D eigenvalue weighted by Gasteiger charge is 2.53. The molecule has 1 aromatic heterocycles. The normalized spacial score (nSPS) is 22.0. The molecule has 0 bridgehead atoms. The lowest BCUT2D eigenvalue weighted by molar-refractivity contribution is -0.156. The Morgan fingerprint density at radius 1 is 1.34 bits per heavy atom. The summed E-state index contributed by atoms with van der Waals surface area (Å²) >= 11 is 2.68. The van der Waals surface area contributed by atoms with Gasteiger partial charge in [-0.1, -0.05) is 42.1 Å². The van der Waals surface area contributed by atoms with Gasteiger partial charge < -0.3 is 16.2 Å². The minimum Gasteiger partial charge on any atom is -0.477 e. The number of thioether (sulfide) groups is 1. The molecule has 0 aliphatic carbocycles. The highest BCUT2D eigenvalue weighted by molar-refractivity contribution is 8.04. The first-order valence-electron chi connectivity index (χ1n) is 8.95. The molecule has 29 heavy (non-hydrogen) atoms. The number of nitrogens with zero attached hydrogens (tertiary/aromatic N) is 2. The Labute approximate surface area is 174 Å². The molecule has 2 aliphatic rings. The van der Waals surface area contributed by atoms with E-state index in [0.29, 0.717) is 23.3 Å². The lowest BCUT2D eigenvalue weighted by Crippen LogP contribution is -2.72. The van der Waals surface area contributed by atoms with Crippen molar-refractivity contribution in [2.75, 3.05) is 0 Å². The van der Waals surface area contributed by atoms with Gasteiger partial charge in [0, 0.05) is 16.5 Å². The van der Waals surface area contributed by atoms with E-state index in [-0.39, 0.29) is 11.7 Å². The summed E-state index contributed by atoms with van der Waals surface area (Å²) in [6, 6.07) is 6.83. The molecule has 0 saturated carbocycles. The molecule has 10 heteroatoms. The van der Waals surface area contributed by atoms with Crippen molar-refractivity contribution in [3.63, 3.8) is 0 Å². The lowest BCUT2D eigenvalue weighted by Gasteiger charge is -2.50. The van der Waals surface area contributed by atoms with Crippen LogP contribution in [0.3, 0.4) is 0 Å². The maximum Gasteiger partial charge on any atom is 0.353 e. The molecular weight excluding hydrogens is 412 g/mol. The van der Waals surface area contributed by atoms with Crippen molar-refractivity contribution in [3.05, 3.63) is 58.1 Å². The molecule has 1 aromatic carbocycles. The third-order valence-corrected chi connectivity index (χ3v) is 6.98. The van der Waals surface area contributed by atoms with Gasteiger partial charge in [-0.2, -0.15) is 0 Å². The van der Waals surface area contributed by atoms with Gasteiger partial charge in [-0.3, -0.25) is 14.5 Å². The summed E-state index contributed by atoms with van der Waals surface area (Å²) in [6.45, 7) is 0. The highest BCUT2D eigenvalue weighted by atomic mass is 32.2. The van der Waals surface area contributed by atoms with E-state index in [9.17, 15) is 19.5 Å². The molecule has 2 aromatic rings. The molecule has 150 valence electrons. The second kappa shape index (κ2) is 7.97. The van der Waals surface area contributed by atoms with Crippen molar-refractivity contribution in [3.8, 4) is 0 Å². The van der Waals surface area contributed by atoms with E-state index in [1.54, 1.807) is 30.5 Å². The zero-order valence-corrected chi connectivity index (χ0v) is 16.8. The van der Waals surface area contributed by atoms with Gasteiger partial charge in [0.05, 0.1) is 6.04 Å². The summed E-state index contributed by atoms with van der Waals surface area (Å²) < 4.78 is 0.726. The Morgan fingerprint density at radius 2 is 2.10 bits per heavy atom. The average molecular weight is 431 g/mol. The van der Waals surface area contributed by atoms with E-state index in [1.807, 2.05) is 11.4 Å². The number of benzene rings is 1. The van der Waals surface area contributed by atoms with Crippen LogP contribution in [0.15, 0.2) is 56.9 Å². The molecule has 0 spiro atoms. The van der Waals surface area contributed by atoms with Crippen molar-refractivity contribution >= 4 is 40.9 Å². The van der Waals surface area contributed by atoms with Crippen molar-refractivity contribution in [2.24, 2.45) is 5.73 Å². The number of carbonyl (C=O) groups is 3. The number of nitrogens with two attached hydrogens (primary N) is 1. The second-order valence-corrected chi connectivity index (χ2v) is 8.90. The van der Waals surface area contributed by atoms with Crippen LogP contribution in [0.1, 0.15) is 24.4 Å². The summed E-state index contributed by atoms with van der Waals surface area (Å²) in [6.07, 6.45) is 2.70. The first kappa shape index (κ1) is 19.6. The molecule has 0 unspecified atom stereocenters. The zero-order valence-electron chi connectivity index (χ0n) is 15.1. The first-order valence-corrected chi connectivity index (χ1v) is 10.6. The molecule has 4 N–H and O–H groups in total. The number of allylic oxidation sites excluding steroid dienone is 1. The molecule has 8 nitrogen and oxygen atoms in total. The maximum absolute atomic E-state index is 12.7. The summed E-state index contributed by atoms with van der Waals surface area (Å²) in [5.41, 5.74) is 6.62. The monoisotopic (exact) mass is 430 g/mol. The summed E-state index contributed by atoms with van der Waals surface area (Å²) in [4.78, 5) is 43.1. The van der Waals surface area contributed by atoms with Crippen LogP contribution in [0.2, 0.25) is 0 Å². The minimum atomic E-state index is -1.16. The van der Waals surface area contributed by atoms with Gasteiger partial charge in [0.25, 0.3) is 5.91 Å². The molecule has 1 fully saturated rings. The van der Waals surface area contributed by atoms with E-state index < -0.39 is 29.9 Å². The highest BCUT2D eigenvalue weighted by Crippen LogP contribution is 2.43. The van der Waals surface area contributed by atoms with Gasteiger partial charge in [0.2, 0.25) is 5.91 Å². The Hall–Kier alpha value is -2.69. The van der Waals surface area contributed by atoms with Crippen LogP contribution < -0.4 is 11.1 Å². The van der Waals surface area contributed by atoms with Gasteiger partial charge in [0.1, 0.15) is 17.8 Å². The van der Waals surface area contributed by atoms with Gasteiger partial charge >= 0.3 is 5.97 Å². The van der Waals surface area contributed by atoms with Crippen molar-refractivity contribution < 1.29 is 19.5 Å². The van der Waals surface area contributed by atoms with Gasteiger partial charge in [-0.15, -0.1) is 11.3 Å². The molecule has 0 radical (unpaired) electrons. The Morgan fingerprint density at radius 3 is 2.76 bits per heavy atom. The van der Waals surface area contributed by atoms with Crippen LogP contribution in [0, 0.1) is 0 Å². The van der Waals surface area contributed by atoms with Crippen LogP contribution in [-0.4, -0.2) is 44.9 Å². The summed E-state index contributed by atoms with van der Waals surface area (Å²) in [5, 5.41) is 14.2. The van der Waals surface area contributed by atoms with Gasteiger partial charge in [-0.25, -0.2) is 9.78 Å². The summed E-state index contributed by atoms with van der Waals surface area (Å²) in [5.74, 6) is -2.05. The topological polar surface area (TPSA) is 126 Å². The van der Waals surface area contributed by atoms with Crippen molar-refractivity contribution in [1.29, 1.82) is 0 Å². The second-order valence-electron chi connectivity index (χ2n) is 6.67. The van der Waals surface area contributed by atoms with Crippen LogP contribution in [0.5, 0.6) is 0 Å². The van der Waals surface area contributed by atoms with Gasteiger partial charge in [-0.05, 0) is 18.4 Å². The van der Waals surface area contributed by atoms with Crippen LogP contribution >= 0.6 is 23.1 Å². The number of hydrogen-bond acceptors (Lipinski definition) is 7. The molecule has 1 saturated heterocycles. The predicted molar refractivity (Wildman–Crippen MR) is 108 cm³/mol. The number of carboxylic acids is 1. The number of aliphatic carboxylic acids is 1. The number of rotatable bonds is 6. The maximum atomic E-state index is 12.7. The fourth-order valence-corrected chi connectivity index (χ4v) is 5.40. The van der Waals surface area contributed by atoms with E-state index in [2.05, 4.69) is 10.3 Å². The zero-order chi connectivity index (χ0) is 20.5. The van der Waals surface area contributed by atoms with Crippen LogP contribution in [0.25, 0.3) is 0 Å². The number of aromatic nitrogens is 1. The summed E-state index contributed by atoms with van der Waals surface area (Å²) in [7, 11) is 0.